The van der Waals surface area contributed by atoms with Crippen LogP contribution >= 0.6 is 0 Å². The fourth-order valence-corrected chi connectivity index (χ4v) is 1.28. The molecule has 1 rings (SSSR count). The zero-order valence-corrected chi connectivity index (χ0v) is 9.73. The summed E-state index contributed by atoms with van der Waals surface area (Å²) in [5.74, 6) is -0.216. The summed E-state index contributed by atoms with van der Waals surface area (Å²) in [4.78, 5) is 13.7. The van der Waals surface area contributed by atoms with Crippen molar-refractivity contribution in [2.45, 2.75) is 6.92 Å². The number of hydrogen-bond donors (Lipinski definition) is 2. The van der Waals surface area contributed by atoms with Crippen molar-refractivity contribution >= 4 is 5.91 Å². The largest absolute Gasteiger partial charge is 0.507 e. The highest BCUT2D eigenvalue weighted by molar-refractivity contribution is 5.96. The number of nitrogens with zero attached hydrogens (tertiary/aromatic N) is 1. The van der Waals surface area contributed by atoms with Crippen LogP contribution in [-0.4, -0.2) is 42.6 Å². The van der Waals surface area contributed by atoms with Gasteiger partial charge in [-0.15, -0.1) is 0 Å². The van der Waals surface area contributed by atoms with E-state index in [1.807, 2.05) is 7.05 Å². The second kappa shape index (κ2) is 6.12. The molecule has 0 heterocycles. The number of amides is 1. The number of carbonyl (C=O) groups is 1. The van der Waals surface area contributed by atoms with E-state index in [1.54, 1.807) is 18.2 Å². The first-order valence-electron chi connectivity index (χ1n) is 5.40. The molecule has 0 spiro atoms. The van der Waals surface area contributed by atoms with Crippen molar-refractivity contribution in [3.05, 3.63) is 29.8 Å². The van der Waals surface area contributed by atoms with E-state index in [0.29, 0.717) is 12.1 Å². The van der Waals surface area contributed by atoms with Crippen LogP contribution in [-0.2, 0) is 0 Å². The first-order chi connectivity index (χ1) is 7.65. The number of phenolic OH excluding ortho intramolecular Hbond substituents is 1. The van der Waals surface area contributed by atoms with Gasteiger partial charge in [-0.2, -0.15) is 0 Å². The number of benzene rings is 1. The van der Waals surface area contributed by atoms with Gasteiger partial charge < -0.3 is 15.3 Å². The molecule has 1 amide bonds. The van der Waals surface area contributed by atoms with Crippen molar-refractivity contribution in [1.82, 2.24) is 10.2 Å². The maximum Gasteiger partial charge on any atom is 0.255 e. The third-order valence-electron chi connectivity index (χ3n) is 2.47. The van der Waals surface area contributed by atoms with Crippen LogP contribution in [0.1, 0.15) is 17.3 Å². The lowest BCUT2D eigenvalue weighted by Gasteiger charge is -2.14. The molecule has 0 radical (unpaired) electrons. The van der Waals surface area contributed by atoms with E-state index in [9.17, 15) is 9.90 Å². The molecule has 4 heteroatoms. The van der Waals surface area contributed by atoms with E-state index < -0.39 is 0 Å². The third kappa shape index (κ3) is 3.55. The molecule has 0 aromatic heterocycles. The fraction of sp³-hybridized carbons (Fsp3) is 0.417. The summed E-state index contributed by atoms with van der Waals surface area (Å²) in [5.41, 5.74) is 0.321. The van der Waals surface area contributed by atoms with Crippen LogP contribution in [0.25, 0.3) is 0 Å². The fourth-order valence-electron chi connectivity index (χ4n) is 1.28. The van der Waals surface area contributed by atoms with E-state index in [4.69, 9.17) is 0 Å². The zero-order chi connectivity index (χ0) is 12.0. The first kappa shape index (κ1) is 12.5. The van der Waals surface area contributed by atoms with E-state index in [0.717, 1.165) is 13.1 Å². The highest BCUT2D eigenvalue weighted by atomic mass is 16.3. The summed E-state index contributed by atoms with van der Waals surface area (Å²) in [6, 6.07) is 6.53. The number of carbonyl (C=O) groups excluding carboxylic acids is 1. The Balaban J connectivity index is 2.44. The molecule has 0 fully saturated rings. The minimum Gasteiger partial charge on any atom is -0.507 e. The van der Waals surface area contributed by atoms with E-state index in [-0.39, 0.29) is 11.7 Å². The standard InChI is InChI=1S/C12H18N2O2/c1-3-14(2)9-8-13-12(16)10-6-4-5-7-11(10)15/h4-7,15H,3,8-9H2,1-2H3,(H,13,16). The molecule has 0 saturated heterocycles. The van der Waals surface area contributed by atoms with Gasteiger partial charge >= 0.3 is 0 Å². The van der Waals surface area contributed by atoms with Gasteiger partial charge in [-0.25, -0.2) is 0 Å². The predicted octanol–water partition coefficient (Wildman–Crippen LogP) is 1.07. The van der Waals surface area contributed by atoms with Gasteiger partial charge in [-0.1, -0.05) is 19.1 Å². The van der Waals surface area contributed by atoms with Crippen LogP contribution in [0.5, 0.6) is 5.75 Å². The molecule has 0 aliphatic carbocycles. The number of phenols is 1. The summed E-state index contributed by atoms with van der Waals surface area (Å²) >= 11 is 0. The molecule has 88 valence electrons. The van der Waals surface area contributed by atoms with Crippen LogP contribution in [0.2, 0.25) is 0 Å². The summed E-state index contributed by atoms with van der Waals surface area (Å²) in [6.07, 6.45) is 0. The number of likely N-dealkylation sites (N-methyl/N-ethyl adjacent to an activating group) is 1. The Morgan fingerprint density at radius 1 is 1.44 bits per heavy atom. The molecule has 0 saturated carbocycles. The minimum atomic E-state index is -0.234. The quantitative estimate of drug-likeness (QED) is 0.783. The van der Waals surface area contributed by atoms with Gasteiger partial charge in [0.2, 0.25) is 0 Å². The molecule has 1 aromatic carbocycles. The Morgan fingerprint density at radius 3 is 2.75 bits per heavy atom. The average molecular weight is 222 g/mol. The maximum absolute atomic E-state index is 11.6. The lowest BCUT2D eigenvalue weighted by Crippen LogP contribution is -2.32. The third-order valence-corrected chi connectivity index (χ3v) is 2.47. The van der Waals surface area contributed by atoms with Crippen LogP contribution in [0, 0.1) is 0 Å². The Labute approximate surface area is 95.9 Å². The highest BCUT2D eigenvalue weighted by Gasteiger charge is 2.08. The molecule has 0 bridgehead atoms. The van der Waals surface area contributed by atoms with Gasteiger partial charge in [0.25, 0.3) is 5.91 Å². The Hall–Kier alpha value is -1.55. The van der Waals surface area contributed by atoms with Gasteiger partial charge in [0, 0.05) is 13.1 Å². The van der Waals surface area contributed by atoms with E-state index >= 15 is 0 Å². The highest BCUT2D eigenvalue weighted by Crippen LogP contribution is 2.14. The lowest BCUT2D eigenvalue weighted by molar-refractivity contribution is 0.0947. The predicted molar refractivity (Wildman–Crippen MR) is 63.6 cm³/mol. The molecule has 0 aliphatic heterocycles. The molecule has 4 nitrogen and oxygen atoms in total. The van der Waals surface area contributed by atoms with Gasteiger partial charge in [-0.05, 0) is 25.7 Å². The number of hydrogen-bond acceptors (Lipinski definition) is 3. The van der Waals surface area contributed by atoms with Crippen LogP contribution in [0.3, 0.4) is 0 Å². The summed E-state index contributed by atoms with van der Waals surface area (Å²) in [7, 11) is 1.99. The SMILES string of the molecule is CCN(C)CCNC(=O)c1ccccc1O. The first-order valence-corrected chi connectivity index (χ1v) is 5.40. The monoisotopic (exact) mass is 222 g/mol. The summed E-state index contributed by atoms with van der Waals surface area (Å²) in [5, 5.41) is 12.2. The molecular weight excluding hydrogens is 204 g/mol. The summed E-state index contributed by atoms with van der Waals surface area (Å²) < 4.78 is 0. The van der Waals surface area contributed by atoms with Crippen molar-refractivity contribution < 1.29 is 9.90 Å². The Kier molecular flexibility index (Phi) is 4.79. The molecule has 0 atom stereocenters. The number of rotatable bonds is 5. The molecular formula is C12H18N2O2. The number of nitrogens with one attached hydrogen (secondary N) is 1. The maximum atomic E-state index is 11.6. The second-order valence-electron chi connectivity index (χ2n) is 3.67. The number of para-hydroxylation sites is 1. The van der Waals surface area contributed by atoms with E-state index in [2.05, 4.69) is 17.1 Å². The molecule has 1 aromatic rings. The van der Waals surface area contributed by atoms with Gasteiger partial charge in [0.15, 0.2) is 0 Å². The van der Waals surface area contributed by atoms with Crippen molar-refractivity contribution in [3.8, 4) is 5.75 Å². The van der Waals surface area contributed by atoms with Gasteiger partial charge in [-0.3, -0.25) is 4.79 Å². The lowest BCUT2D eigenvalue weighted by atomic mass is 10.2. The van der Waals surface area contributed by atoms with Crippen LogP contribution in [0.4, 0.5) is 0 Å². The topological polar surface area (TPSA) is 52.6 Å². The molecule has 16 heavy (non-hydrogen) atoms. The normalized spacial score (nSPS) is 10.4. The molecule has 0 unspecified atom stereocenters. The second-order valence-corrected chi connectivity index (χ2v) is 3.67. The molecule has 0 aliphatic rings. The number of aromatic hydroxyl groups is 1. The smallest absolute Gasteiger partial charge is 0.255 e. The van der Waals surface area contributed by atoms with Crippen LogP contribution < -0.4 is 5.32 Å². The van der Waals surface area contributed by atoms with Crippen molar-refractivity contribution in [3.63, 3.8) is 0 Å². The van der Waals surface area contributed by atoms with Crippen molar-refractivity contribution in [2.24, 2.45) is 0 Å². The minimum absolute atomic E-state index is 0.0175. The zero-order valence-electron chi connectivity index (χ0n) is 9.73. The Morgan fingerprint density at radius 2 is 2.12 bits per heavy atom. The van der Waals surface area contributed by atoms with Crippen molar-refractivity contribution in [1.29, 1.82) is 0 Å². The molecule has 2 N–H and O–H groups in total. The Bertz CT molecular complexity index is 353. The average Bonchev–Trinajstić information content (AvgIpc) is 2.29. The van der Waals surface area contributed by atoms with Crippen LogP contribution in [0.15, 0.2) is 24.3 Å². The van der Waals surface area contributed by atoms with Gasteiger partial charge in [0.05, 0.1) is 5.56 Å². The summed E-state index contributed by atoms with van der Waals surface area (Å²) in [6.45, 7) is 4.39. The van der Waals surface area contributed by atoms with E-state index in [1.165, 1.54) is 6.07 Å². The van der Waals surface area contributed by atoms with Crippen molar-refractivity contribution in [2.75, 3.05) is 26.7 Å². The van der Waals surface area contributed by atoms with Gasteiger partial charge in [0.1, 0.15) is 5.75 Å².